The molecule has 1 aliphatic carbocycles. The first-order chi connectivity index (χ1) is 9.68. The molecule has 0 fully saturated rings. The number of methoxy groups -OCH3 is 1. The molecule has 2 rings (SSSR count). The fourth-order valence-electron chi connectivity index (χ4n) is 3.46. The van der Waals surface area contributed by atoms with Crippen LogP contribution in [0.3, 0.4) is 0 Å². The number of rotatable bonds is 7. The van der Waals surface area contributed by atoms with E-state index in [0.717, 1.165) is 32.1 Å². The summed E-state index contributed by atoms with van der Waals surface area (Å²) in [5.41, 5.74) is 7.71. The highest BCUT2D eigenvalue weighted by atomic mass is 16.5. The second-order valence-corrected chi connectivity index (χ2v) is 6.04. The molecular formula is C17H27NO2. The monoisotopic (exact) mass is 277 g/mol. The summed E-state index contributed by atoms with van der Waals surface area (Å²) in [6.07, 6.45) is 5.87. The molecule has 2 atom stereocenters. The van der Waals surface area contributed by atoms with Gasteiger partial charge >= 0.3 is 0 Å². The Morgan fingerprint density at radius 1 is 1.40 bits per heavy atom. The number of hydrogen-bond donors (Lipinski definition) is 2. The van der Waals surface area contributed by atoms with Gasteiger partial charge in [-0.3, -0.25) is 0 Å². The van der Waals surface area contributed by atoms with E-state index in [9.17, 15) is 5.11 Å². The smallest absolute Gasteiger partial charge is 0.0886 e. The maximum Gasteiger partial charge on any atom is 0.0886 e. The molecule has 0 aliphatic heterocycles. The number of fused-ring (bicyclic) bond motifs is 1. The fraction of sp³-hybridized carbons (Fsp3) is 0.647. The van der Waals surface area contributed by atoms with Gasteiger partial charge < -0.3 is 15.6 Å². The summed E-state index contributed by atoms with van der Waals surface area (Å²) >= 11 is 0. The zero-order chi connectivity index (χ0) is 14.4. The van der Waals surface area contributed by atoms with E-state index in [-0.39, 0.29) is 0 Å². The van der Waals surface area contributed by atoms with Crippen LogP contribution in [0.4, 0.5) is 0 Å². The molecule has 20 heavy (non-hydrogen) atoms. The second kappa shape index (κ2) is 7.21. The van der Waals surface area contributed by atoms with Gasteiger partial charge in [0.2, 0.25) is 0 Å². The standard InChI is InChI=1S/C17H27NO2/c1-20-13-17(19,10-5-11-18)12-15-8-4-7-14-6-2-3-9-16(14)15/h2-3,6,9,15,19H,4-5,7-8,10-13,18H2,1H3. The largest absolute Gasteiger partial charge is 0.387 e. The molecule has 0 saturated heterocycles. The molecule has 3 nitrogen and oxygen atoms in total. The van der Waals surface area contributed by atoms with Crippen molar-refractivity contribution in [1.82, 2.24) is 0 Å². The number of aryl methyl sites for hydroxylation is 1. The van der Waals surface area contributed by atoms with Crippen LogP contribution in [0.15, 0.2) is 24.3 Å². The highest BCUT2D eigenvalue weighted by Crippen LogP contribution is 2.38. The molecule has 1 aromatic carbocycles. The predicted octanol–water partition coefficient (Wildman–Crippen LogP) is 2.61. The normalized spacial score (nSPS) is 21.2. The van der Waals surface area contributed by atoms with Crippen LogP contribution in [0.2, 0.25) is 0 Å². The van der Waals surface area contributed by atoms with Gasteiger partial charge in [0.15, 0.2) is 0 Å². The van der Waals surface area contributed by atoms with E-state index >= 15 is 0 Å². The van der Waals surface area contributed by atoms with Crippen LogP contribution >= 0.6 is 0 Å². The summed E-state index contributed by atoms with van der Waals surface area (Å²) in [5.74, 6) is 0.442. The Hall–Kier alpha value is -0.900. The Balaban J connectivity index is 2.11. The first-order valence-corrected chi connectivity index (χ1v) is 7.68. The van der Waals surface area contributed by atoms with E-state index in [0.29, 0.717) is 19.1 Å². The molecule has 0 amide bonds. The zero-order valence-electron chi connectivity index (χ0n) is 12.5. The third-order valence-corrected chi connectivity index (χ3v) is 4.38. The second-order valence-electron chi connectivity index (χ2n) is 6.04. The molecule has 2 unspecified atom stereocenters. The van der Waals surface area contributed by atoms with Crippen molar-refractivity contribution < 1.29 is 9.84 Å². The Morgan fingerprint density at radius 2 is 2.20 bits per heavy atom. The maximum atomic E-state index is 10.8. The van der Waals surface area contributed by atoms with Gasteiger partial charge in [-0.05, 0) is 62.1 Å². The topological polar surface area (TPSA) is 55.5 Å². The van der Waals surface area contributed by atoms with Crippen LogP contribution in [0.5, 0.6) is 0 Å². The summed E-state index contributed by atoms with van der Waals surface area (Å²) in [6.45, 7) is 1.01. The predicted molar refractivity (Wildman–Crippen MR) is 81.9 cm³/mol. The number of hydrogen-bond acceptors (Lipinski definition) is 3. The molecule has 112 valence electrons. The number of nitrogens with two attached hydrogens (primary N) is 1. The fourth-order valence-corrected chi connectivity index (χ4v) is 3.46. The van der Waals surface area contributed by atoms with E-state index in [4.69, 9.17) is 10.5 Å². The van der Waals surface area contributed by atoms with Crippen LogP contribution in [0, 0.1) is 0 Å². The van der Waals surface area contributed by atoms with Crippen molar-refractivity contribution in [2.24, 2.45) is 5.73 Å². The first kappa shape index (κ1) is 15.5. The highest BCUT2D eigenvalue weighted by Gasteiger charge is 2.32. The Labute approximate surface area is 122 Å². The Morgan fingerprint density at radius 3 is 2.95 bits per heavy atom. The van der Waals surface area contributed by atoms with Crippen molar-refractivity contribution in [3.05, 3.63) is 35.4 Å². The molecular weight excluding hydrogens is 250 g/mol. The van der Waals surface area contributed by atoms with E-state index in [1.165, 1.54) is 17.5 Å². The van der Waals surface area contributed by atoms with Gasteiger partial charge in [0.1, 0.15) is 0 Å². The molecule has 0 aromatic heterocycles. The van der Waals surface area contributed by atoms with Crippen molar-refractivity contribution in [3.8, 4) is 0 Å². The molecule has 3 N–H and O–H groups in total. The van der Waals surface area contributed by atoms with Crippen molar-refractivity contribution in [2.75, 3.05) is 20.3 Å². The third kappa shape index (κ3) is 3.81. The van der Waals surface area contributed by atoms with Crippen LogP contribution < -0.4 is 5.73 Å². The minimum Gasteiger partial charge on any atom is -0.387 e. The van der Waals surface area contributed by atoms with E-state index in [2.05, 4.69) is 24.3 Å². The minimum atomic E-state index is -0.747. The van der Waals surface area contributed by atoms with Gasteiger partial charge in [0.25, 0.3) is 0 Å². The quantitative estimate of drug-likeness (QED) is 0.805. The summed E-state index contributed by atoms with van der Waals surface area (Å²) in [7, 11) is 1.65. The maximum absolute atomic E-state index is 10.8. The number of aliphatic hydroxyl groups is 1. The van der Waals surface area contributed by atoms with E-state index in [1.807, 2.05) is 0 Å². The van der Waals surface area contributed by atoms with Crippen LogP contribution in [-0.2, 0) is 11.2 Å². The molecule has 0 bridgehead atoms. The first-order valence-electron chi connectivity index (χ1n) is 7.68. The molecule has 0 spiro atoms. The molecule has 0 radical (unpaired) electrons. The lowest BCUT2D eigenvalue weighted by atomic mass is 9.76. The summed E-state index contributed by atoms with van der Waals surface area (Å²) < 4.78 is 5.24. The minimum absolute atomic E-state index is 0.395. The number of benzene rings is 1. The van der Waals surface area contributed by atoms with Gasteiger partial charge in [0.05, 0.1) is 12.2 Å². The molecule has 0 heterocycles. The van der Waals surface area contributed by atoms with Gasteiger partial charge in [-0.2, -0.15) is 0 Å². The van der Waals surface area contributed by atoms with Crippen LogP contribution in [0.25, 0.3) is 0 Å². The van der Waals surface area contributed by atoms with Gasteiger partial charge in [0, 0.05) is 7.11 Å². The summed E-state index contributed by atoms with van der Waals surface area (Å²) in [4.78, 5) is 0. The lowest BCUT2D eigenvalue weighted by Gasteiger charge is -2.34. The van der Waals surface area contributed by atoms with E-state index in [1.54, 1.807) is 7.11 Å². The average Bonchev–Trinajstić information content (AvgIpc) is 2.46. The van der Waals surface area contributed by atoms with Crippen molar-refractivity contribution in [1.29, 1.82) is 0 Å². The van der Waals surface area contributed by atoms with Gasteiger partial charge in [-0.25, -0.2) is 0 Å². The summed E-state index contributed by atoms with van der Waals surface area (Å²) in [5, 5.41) is 10.8. The molecule has 1 aliphatic rings. The van der Waals surface area contributed by atoms with Crippen molar-refractivity contribution >= 4 is 0 Å². The van der Waals surface area contributed by atoms with Crippen molar-refractivity contribution in [2.45, 2.75) is 50.0 Å². The molecule has 1 aromatic rings. The highest BCUT2D eigenvalue weighted by molar-refractivity contribution is 5.32. The third-order valence-electron chi connectivity index (χ3n) is 4.38. The number of ether oxygens (including phenoxy) is 1. The van der Waals surface area contributed by atoms with Crippen LogP contribution in [0.1, 0.15) is 49.1 Å². The molecule has 0 saturated carbocycles. The molecule has 3 heteroatoms. The Kier molecular flexibility index (Phi) is 5.58. The SMILES string of the molecule is COCC(O)(CCCN)CC1CCCc2ccccc21. The van der Waals surface area contributed by atoms with E-state index < -0.39 is 5.60 Å². The van der Waals surface area contributed by atoms with Gasteiger partial charge in [-0.15, -0.1) is 0 Å². The van der Waals surface area contributed by atoms with Crippen molar-refractivity contribution in [3.63, 3.8) is 0 Å². The lowest BCUT2D eigenvalue weighted by Crippen LogP contribution is -2.37. The lowest BCUT2D eigenvalue weighted by molar-refractivity contribution is -0.0493. The van der Waals surface area contributed by atoms with Gasteiger partial charge in [-0.1, -0.05) is 24.3 Å². The zero-order valence-corrected chi connectivity index (χ0v) is 12.5. The van der Waals surface area contributed by atoms with Crippen LogP contribution in [-0.4, -0.2) is 31.0 Å². The Bertz CT molecular complexity index is 421. The average molecular weight is 277 g/mol. The summed E-state index contributed by atoms with van der Waals surface area (Å²) in [6, 6.07) is 8.65.